The fourth-order valence-electron chi connectivity index (χ4n) is 7.14. The van der Waals surface area contributed by atoms with E-state index >= 15 is 0 Å². The lowest BCUT2D eigenvalue weighted by atomic mass is 10.1. The van der Waals surface area contributed by atoms with Crippen LogP contribution in [-0.2, 0) is 0 Å². The second-order valence-electron chi connectivity index (χ2n) is 16.4. The van der Waals surface area contributed by atoms with Crippen LogP contribution in [-0.4, -0.2) is 37.6 Å². The first-order valence-corrected chi connectivity index (χ1v) is 23.9. The van der Waals surface area contributed by atoms with E-state index in [-0.39, 0.29) is 11.5 Å². The van der Waals surface area contributed by atoms with Crippen LogP contribution in [0.3, 0.4) is 0 Å². The van der Waals surface area contributed by atoms with E-state index in [9.17, 15) is 9.59 Å². The van der Waals surface area contributed by atoms with Gasteiger partial charge in [0.2, 0.25) is 0 Å². The minimum atomic E-state index is -0.534. The number of allylic oxidation sites excluding steroid dienone is 1. The number of benzene rings is 5. The van der Waals surface area contributed by atoms with Crippen molar-refractivity contribution in [2.24, 2.45) is 9.98 Å². The molecule has 342 valence electrons. The Morgan fingerprint density at radius 2 is 0.846 bits per heavy atom. The van der Waals surface area contributed by atoms with Gasteiger partial charge in [-0.15, -0.1) is 6.58 Å². The molecule has 0 spiro atoms. The van der Waals surface area contributed by atoms with Crippen molar-refractivity contribution in [1.29, 1.82) is 0 Å². The standard InChI is InChI=1S/C57H68N2O6/c1-3-5-7-9-11-13-15-17-19-21-42-63-53-39-35-51(36-40-53)59-45-47-27-31-49(32-28-47)57(61)65-55-24-22-23-54(43-55)64-56(60)48-29-25-46(26-30-48)44-58-50-33-37-52(38-34-50)62-41-20-18-16-14-12-10-8-6-4-2/h4,22-40,43-45H,2-3,5-21,41-42H2,1H3. The lowest BCUT2D eigenvalue weighted by Gasteiger charge is -2.08. The molecule has 0 fully saturated rings. The van der Waals surface area contributed by atoms with Crippen LogP contribution in [0.15, 0.2) is 144 Å². The summed E-state index contributed by atoms with van der Waals surface area (Å²) in [6.45, 7) is 7.48. The smallest absolute Gasteiger partial charge is 0.343 e. The summed E-state index contributed by atoms with van der Waals surface area (Å²) in [5.41, 5.74) is 4.04. The van der Waals surface area contributed by atoms with E-state index in [1.165, 1.54) is 102 Å². The highest BCUT2D eigenvalue weighted by atomic mass is 16.5. The lowest BCUT2D eigenvalue weighted by molar-refractivity contribution is 0.0732. The molecule has 0 N–H and O–H groups in total. The first kappa shape index (κ1) is 49.7. The fourth-order valence-corrected chi connectivity index (χ4v) is 7.14. The molecule has 65 heavy (non-hydrogen) atoms. The normalized spacial score (nSPS) is 11.2. The number of ether oxygens (including phenoxy) is 4. The second-order valence-corrected chi connectivity index (χ2v) is 16.4. The molecule has 0 radical (unpaired) electrons. The summed E-state index contributed by atoms with van der Waals surface area (Å²) in [6.07, 6.45) is 28.3. The van der Waals surface area contributed by atoms with Crippen molar-refractivity contribution in [3.05, 3.63) is 156 Å². The zero-order chi connectivity index (χ0) is 45.6. The van der Waals surface area contributed by atoms with Gasteiger partial charge in [-0.25, -0.2) is 9.59 Å². The molecule has 0 aliphatic heterocycles. The summed E-state index contributed by atoms with van der Waals surface area (Å²) in [7, 11) is 0. The number of carbonyl (C=O) groups excluding carboxylic acids is 2. The number of rotatable bonds is 31. The van der Waals surface area contributed by atoms with Gasteiger partial charge in [-0.3, -0.25) is 9.98 Å². The predicted molar refractivity (Wildman–Crippen MR) is 267 cm³/mol. The van der Waals surface area contributed by atoms with Crippen LogP contribution in [0.1, 0.15) is 154 Å². The molecular formula is C57H68N2O6. The number of hydrogen-bond donors (Lipinski definition) is 0. The molecule has 5 rings (SSSR count). The number of hydrogen-bond acceptors (Lipinski definition) is 8. The maximum absolute atomic E-state index is 13.0. The first-order chi connectivity index (χ1) is 32.0. The van der Waals surface area contributed by atoms with Crippen molar-refractivity contribution >= 4 is 35.7 Å². The minimum Gasteiger partial charge on any atom is -0.494 e. The number of esters is 2. The molecule has 0 aliphatic rings. The van der Waals surface area contributed by atoms with E-state index in [1.807, 2.05) is 66.7 Å². The zero-order valence-corrected chi connectivity index (χ0v) is 38.5. The zero-order valence-electron chi connectivity index (χ0n) is 38.5. The van der Waals surface area contributed by atoms with Crippen LogP contribution in [0.5, 0.6) is 23.0 Å². The van der Waals surface area contributed by atoms with E-state index < -0.39 is 11.9 Å². The molecule has 5 aromatic rings. The molecule has 0 bridgehead atoms. The van der Waals surface area contributed by atoms with Crippen molar-refractivity contribution < 1.29 is 28.5 Å². The lowest BCUT2D eigenvalue weighted by Crippen LogP contribution is -2.10. The van der Waals surface area contributed by atoms with Crippen LogP contribution >= 0.6 is 0 Å². The van der Waals surface area contributed by atoms with E-state index in [0.29, 0.717) is 17.7 Å². The Balaban J connectivity index is 0.978. The van der Waals surface area contributed by atoms with Crippen molar-refractivity contribution in [3.8, 4) is 23.0 Å². The van der Waals surface area contributed by atoms with Crippen molar-refractivity contribution in [3.63, 3.8) is 0 Å². The highest BCUT2D eigenvalue weighted by Crippen LogP contribution is 2.24. The molecule has 0 unspecified atom stereocenters. The SMILES string of the molecule is C=CCCCCCCCCCOc1ccc(N=Cc2ccc(C(=O)Oc3cccc(OC(=O)c4ccc(C=Nc5ccc(OCCCCCCCCCCCC)cc5)cc4)c3)cc2)cc1. The van der Waals surface area contributed by atoms with E-state index in [4.69, 9.17) is 18.9 Å². The van der Waals surface area contributed by atoms with Crippen LogP contribution < -0.4 is 18.9 Å². The summed E-state index contributed by atoms with van der Waals surface area (Å²) in [6, 6.07) is 35.9. The predicted octanol–water partition coefficient (Wildman–Crippen LogP) is 15.6. The van der Waals surface area contributed by atoms with Crippen LogP contribution in [0.4, 0.5) is 11.4 Å². The topological polar surface area (TPSA) is 95.8 Å². The average Bonchev–Trinajstić information content (AvgIpc) is 3.33. The Morgan fingerprint density at radius 1 is 0.462 bits per heavy atom. The van der Waals surface area contributed by atoms with Gasteiger partial charge in [0.05, 0.1) is 35.7 Å². The third kappa shape index (κ3) is 20.0. The molecule has 0 saturated carbocycles. The molecule has 0 amide bonds. The van der Waals surface area contributed by atoms with Gasteiger partial charge in [0, 0.05) is 18.5 Å². The molecule has 8 nitrogen and oxygen atoms in total. The molecular weight excluding hydrogens is 809 g/mol. The molecule has 0 aliphatic carbocycles. The van der Waals surface area contributed by atoms with Crippen molar-refractivity contribution in [2.45, 2.75) is 122 Å². The number of carbonyl (C=O) groups is 2. The molecule has 0 aromatic heterocycles. The Morgan fingerprint density at radius 3 is 1.25 bits per heavy atom. The number of aliphatic imine (C=N–C) groups is 2. The summed E-state index contributed by atoms with van der Waals surface area (Å²) < 4.78 is 23.1. The Bertz CT molecular complexity index is 2180. The van der Waals surface area contributed by atoms with Gasteiger partial charge in [0.15, 0.2) is 0 Å². The fraction of sp³-hybridized carbons (Fsp3) is 0.368. The first-order valence-electron chi connectivity index (χ1n) is 23.9. The van der Waals surface area contributed by atoms with Gasteiger partial charge in [-0.2, -0.15) is 0 Å². The van der Waals surface area contributed by atoms with Gasteiger partial charge in [0.25, 0.3) is 0 Å². The second kappa shape index (κ2) is 30.0. The van der Waals surface area contributed by atoms with E-state index in [1.54, 1.807) is 67.0 Å². The highest BCUT2D eigenvalue weighted by Gasteiger charge is 2.12. The summed E-state index contributed by atoms with van der Waals surface area (Å²) in [4.78, 5) is 35.1. The molecule has 0 saturated heterocycles. The average molecular weight is 877 g/mol. The maximum atomic E-state index is 13.0. The number of nitrogens with zero attached hydrogens (tertiary/aromatic N) is 2. The third-order valence-corrected chi connectivity index (χ3v) is 11.0. The molecule has 5 aromatic carbocycles. The summed E-state index contributed by atoms with van der Waals surface area (Å²) in [5, 5.41) is 0. The highest BCUT2D eigenvalue weighted by molar-refractivity contribution is 5.93. The Labute approximate surface area is 387 Å². The van der Waals surface area contributed by atoms with Gasteiger partial charge in [0.1, 0.15) is 23.0 Å². The van der Waals surface area contributed by atoms with Crippen LogP contribution in [0, 0.1) is 0 Å². The monoisotopic (exact) mass is 877 g/mol. The van der Waals surface area contributed by atoms with Gasteiger partial charge in [-0.1, -0.05) is 133 Å². The van der Waals surface area contributed by atoms with Gasteiger partial charge in [-0.05, 0) is 122 Å². The Hall–Kier alpha value is -6.28. The Kier molecular flexibility index (Phi) is 22.9. The van der Waals surface area contributed by atoms with E-state index in [2.05, 4.69) is 23.5 Å². The van der Waals surface area contributed by atoms with Crippen molar-refractivity contribution in [2.75, 3.05) is 13.2 Å². The minimum absolute atomic E-state index is 0.254. The van der Waals surface area contributed by atoms with Crippen LogP contribution in [0.25, 0.3) is 0 Å². The largest absolute Gasteiger partial charge is 0.494 e. The maximum Gasteiger partial charge on any atom is 0.343 e. The molecule has 0 atom stereocenters. The van der Waals surface area contributed by atoms with Gasteiger partial charge < -0.3 is 18.9 Å². The van der Waals surface area contributed by atoms with Gasteiger partial charge >= 0.3 is 11.9 Å². The molecule has 0 heterocycles. The third-order valence-electron chi connectivity index (χ3n) is 11.0. The number of unbranched alkanes of at least 4 members (excludes halogenated alkanes) is 16. The van der Waals surface area contributed by atoms with Crippen molar-refractivity contribution in [1.82, 2.24) is 0 Å². The molecule has 8 heteroatoms. The quantitative estimate of drug-likeness (QED) is 0.0145. The summed E-state index contributed by atoms with van der Waals surface area (Å²) >= 11 is 0. The van der Waals surface area contributed by atoms with E-state index in [0.717, 1.165) is 59.9 Å². The van der Waals surface area contributed by atoms with Crippen LogP contribution in [0.2, 0.25) is 0 Å². The summed E-state index contributed by atoms with van der Waals surface area (Å²) in [5.74, 6) is 1.13.